The SMILES string of the molecule is COc1ccc(N2CCN(C(=O)CCn3c(N4CCCCC4)nc4ccsc4c3=O)CC2)cc1. The van der Waals surface area contributed by atoms with Crippen molar-refractivity contribution in [1.82, 2.24) is 14.5 Å². The molecule has 2 aliphatic heterocycles. The van der Waals surface area contributed by atoms with E-state index in [1.54, 1.807) is 11.7 Å². The Hall–Kier alpha value is -3.07. The summed E-state index contributed by atoms with van der Waals surface area (Å²) < 4.78 is 7.64. The number of nitrogens with zero attached hydrogens (tertiary/aromatic N) is 5. The highest BCUT2D eigenvalue weighted by molar-refractivity contribution is 7.17. The van der Waals surface area contributed by atoms with Crippen molar-refractivity contribution in [3.63, 3.8) is 0 Å². The molecule has 0 saturated carbocycles. The van der Waals surface area contributed by atoms with Gasteiger partial charge in [-0.25, -0.2) is 4.98 Å². The van der Waals surface area contributed by atoms with Crippen molar-refractivity contribution in [2.24, 2.45) is 0 Å². The predicted octanol–water partition coefficient (Wildman–Crippen LogP) is 3.20. The molecule has 0 unspecified atom stereocenters. The molecule has 0 spiro atoms. The number of amides is 1. The fourth-order valence-electron chi connectivity index (χ4n) is 4.84. The Kier molecular flexibility index (Phi) is 6.71. The number of carbonyl (C=O) groups excluding carboxylic acids is 1. The summed E-state index contributed by atoms with van der Waals surface area (Å²) in [4.78, 5) is 37.5. The maximum absolute atomic E-state index is 13.3. The van der Waals surface area contributed by atoms with Crippen molar-refractivity contribution in [2.45, 2.75) is 32.2 Å². The van der Waals surface area contributed by atoms with Gasteiger partial charge in [-0.3, -0.25) is 14.2 Å². The molecule has 9 heteroatoms. The molecule has 0 aliphatic carbocycles. The molecule has 180 valence electrons. The molecule has 0 bridgehead atoms. The second kappa shape index (κ2) is 10.0. The Labute approximate surface area is 203 Å². The van der Waals surface area contributed by atoms with Crippen molar-refractivity contribution in [2.75, 3.05) is 56.2 Å². The van der Waals surface area contributed by atoms with Crippen LogP contribution >= 0.6 is 11.3 Å². The number of anilines is 2. The largest absolute Gasteiger partial charge is 0.497 e. The van der Waals surface area contributed by atoms with Crippen molar-refractivity contribution in [3.05, 3.63) is 46.1 Å². The zero-order valence-electron chi connectivity index (χ0n) is 19.6. The lowest BCUT2D eigenvalue weighted by molar-refractivity contribution is -0.131. The topological polar surface area (TPSA) is 70.9 Å². The Morgan fingerprint density at radius 3 is 2.41 bits per heavy atom. The van der Waals surface area contributed by atoms with E-state index in [4.69, 9.17) is 9.72 Å². The molecule has 2 aliphatic rings. The van der Waals surface area contributed by atoms with Gasteiger partial charge in [-0.1, -0.05) is 0 Å². The summed E-state index contributed by atoms with van der Waals surface area (Å²) in [5.74, 6) is 1.65. The fourth-order valence-corrected chi connectivity index (χ4v) is 5.62. The van der Waals surface area contributed by atoms with E-state index in [-0.39, 0.29) is 11.5 Å². The number of aromatic nitrogens is 2. The van der Waals surface area contributed by atoms with Crippen LogP contribution in [0.3, 0.4) is 0 Å². The Balaban J connectivity index is 1.25. The highest BCUT2D eigenvalue weighted by Gasteiger charge is 2.24. The molecule has 4 heterocycles. The minimum Gasteiger partial charge on any atom is -0.497 e. The number of carbonyl (C=O) groups is 1. The van der Waals surface area contributed by atoms with Gasteiger partial charge in [0.2, 0.25) is 11.9 Å². The van der Waals surface area contributed by atoms with E-state index in [0.29, 0.717) is 36.7 Å². The van der Waals surface area contributed by atoms with Crippen LogP contribution in [0.1, 0.15) is 25.7 Å². The van der Waals surface area contributed by atoms with Gasteiger partial charge >= 0.3 is 0 Å². The maximum Gasteiger partial charge on any atom is 0.272 e. The normalized spacial score (nSPS) is 16.8. The molecular formula is C25H31N5O3S. The van der Waals surface area contributed by atoms with Crippen LogP contribution in [0.4, 0.5) is 11.6 Å². The van der Waals surface area contributed by atoms with E-state index in [2.05, 4.69) is 21.9 Å². The van der Waals surface area contributed by atoms with Crippen LogP contribution in [0.2, 0.25) is 0 Å². The van der Waals surface area contributed by atoms with Crippen LogP contribution in [0.5, 0.6) is 5.75 Å². The van der Waals surface area contributed by atoms with Crippen molar-refractivity contribution in [3.8, 4) is 5.75 Å². The summed E-state index contributed by atoms with van der Waals surface area (Å²) in [6.07, 6.45) is 3.73. The molecule has 0 radical (unpaired) electrons. The van der Waals surface area contributed by atoms with Gasteiger partial charge < -0.3 is 19.4 Å². The zero-order chi connectivity index (χ0) is 23.5. The first-order valence-corrected chi connectivity index (χ1v) is 12.9. The number of rotatable bonds is 6. The number of piperazine rings is 1. The average molecular weight is 482 g/mol. The minimum absolute atomic E-state index is 0.0299. The molecule has 0 N–H and O–H groups in total. The third-order valence-electron chi connectivity index (χ3n) is 6.80. The van der Waals surface area contributed by atoms with Crippen LogP contribution in [0.25, 0.3) is 10.2 Å². The molecular weight excluding hydrogens is 450 g/mol. The molecule has 2 aromatic heterocycles. The van der Waals surface area contributed by atoms with Gasteiger partial charge in [0.15, 0.2) is 0 Å². The molecule has 1 amide bonds. The standard InChI is InChI=1S/C25H31N5O3S/c1-33-20-7-5-19(6-8-20)27-14-16-28(17-15-27)22(31)9-13-30-24(32)23-21(10-18-34-23)26-25(30)29-11-3-2-4-12-29/h5-8,10,18H,2-4,9,11-17H2,1H3. The zero-order valence-corrected chi connectivity index (χ0v) is 20.4. The minimum atomic E-state index is -0.0299. The Morgan fingerprint density at radius 1 is 0.971 bits per heavy atom. The maximum atomic E-state index is 13.3. The van der Waals surface area contributed by atoms with E-state index in [1.807, 2.05) is 28.5 Å². The van der Waals surface area contributed by atoms with Gasteiger partial charge in [0.05, 0.1) is 12.6 Å². The van der Waals surface area contributed by atoms with Gasteiger partial charge in [0.25, 0.3) is 5.56 Å². The highest BCUT2D eigenvalue weighted by Crippen LogP contribution is 2.23. The highest BCUT2D eigenvalue weighted by atomic mass is 32.1. The lowest BCUT2D eigenvalue weighted by atomic mass is 10.1. The van der Waals surface area contributed by atoms with Crippen LogP contribution in [-0.2, 0) is 11.3 Å². The molecule has 1 aromatic carbocycles. The van der Waals surface area contributed by atoms with E-state index in [0.717, 1.165) is 56.0 Å². The molecule has 34 heavy (non-hydrogen) atoms. The second-order valence-electron chi connectivity index (χ2n) is 8.87. The Morgan fingerprint density at radius 2 is 1.71 bits per heavy atom. The molecule has 2 fully saturated rings. The van der Waals surface area contributed by atoms with Gasteiger partial charge in [0.1, 0.15) is 10.4 Å². The van der Waals surface area contributed by atoms with Crippen molar-refractivity contribution in [1.29, 1.82) is 0 Å². The first-order valence-electron chi connectivity index (χ1n) is 12.0. The Bertz CT molecular complexity index is 1190. The number of methoxy groups -OCH3 is 1. The van der Waals surface area contributed by atoms with Gasteiger partial charge in [0, 0.05) is 57.9 Å². The summed E-state index contributed by atoms with van der Waals surface area (Å²) >= 11 is 1.42. The van der Waals surface area contributed by atoms with Crippen molar-refractivity contribution >= 4 is 39.1 Å². The number of benzene rings is 1. The lowest BCUT2D eigenvalue weighted by Crippen LogP contribution is -2.49. The first kappa shape index (κ1) is 22.7. The summed E-state index contributed by atoms with van der Waals surface area (Å²) in [6.45, 7) is 5.12. The second-order valence-corrected chi connectivity index (χ2v) is 9.78. The number of thiophene rings is 1. The number of piperidine rings is 1. The molecule has 3 aromatic rings. The number of hydrogen-bond acceptors (Lipinski definition) is 7. The molecule has 0 atom stereocenters. The molecule has 8 nitrogen and oxygen atoms in total. The average Bonchev–Trinajstić information content (AvgIpc) is 3.38. The van der Waals surface area contributed by atoms with Gasteiger partial charge in [-0.15, -0.1) is 11.3 Å². The summed E-state index contributed by atoms with van der Waals surface area (Å²) in [5, 5.41) is 1.91. The van der Waals surface area contributed by atoms with Crippen LogP contribution in [0.15, 0.2) is 40.5 Å². The molecule has 2 saturated heterocycles. The summed E-state index contributed by atoms with van der Waals surface area (Å²) in [7, 11) is 1.66. The van der Waals surface area contributed by atoms with E-state index < -0.39 is 0 Å². The lowest BCUT2D eigenvalue weighted by Gasteiger charge is -2.36. The summed E-state index contributed by atoms with van der Waals surface area (Å²) in [6, 6.07) is 9.94. The van der Waals surface area contributed by atoms with Crippen LogP contribution < -0.4 is 20.1 Å². The van der Waals surface area contributed by atoms with Gasteiger partial charge in [-0.05, 0) is 55.0 Å². The summed E-state index contributed by atoms with van der Waals surface area (Å²) in [5.41, 5.74) is 1.87. The molecule has 5 rings (SSSR count). The smallest absolute Gasteiger partial charge is 0.272 e. The van der Waals surface area contributed by atoms with Crippen molar-refractivity contribution < 1.29 is 9.53 Å². The number of ether oxygens (including phenoxy) is 1. The monoisotopic (exact) mass is 481 g/mol. The van der Waals surface area contributed by atoms with E-state index >= 15 is 0 Å². The van der Waals surface area contributed by atoms with Gasteiger partial charge in [-0.2, -0.15) is 0 Å². The third kappa shape index (κ3) is 4.61. The number of fused-ring (bicyclic) bond motifs is 1. The first-order chi connectivity index (χ1) is 16.6. The quantitative estimate of drug-likeness (QED) is 0.539. The fraction of sp³-hybridized carbons (Fsp3) is 0.480. The van der Waals surface area contributed by atoms with Crippen LogP contribution in [0, 0.1) is 0 Å². The van der Waals surface area contributed by atoms with E-state index in [9.17, 15) is 9.59 Å². The third-order valence-corrected chi connectivity index (χ3v) is 7.70. The van der Waals surface area contributed by atoms with Crippen LogP contribution in [-0.4, -0.2) is 66.7 Å². The predicted molar refractivity (Wildman–Crippen MR) is 136 cm³/mol. The number of hydrogen-bond donors (Lipinski definition) is 0. The van der Waals surface area contributed by atoms with E-state index in [1.165, 1.54) is 17.8 Å².